The van der Waals surface area contributed by atoms with Crippen LogP contribution in [0.25, 0.3) is 0 Å². The molecule has 1 aromatic heterocycles. The first-order chi connectivity index (χ1) is 10.1. The highest BCUT2D eigenvalue weighted by Crippen LogP contribution is 2.13. The molecule has 0 amide bonds. The summed E-state index contributed by atoms with van der Waals surface area (Å²) in [5.41, 5.74) is 1.91. The second-order valence-corrected chi connectivity index (χ2v) is 5.74. The van der Waals surface area contributed by atoms with Gasteiger partial charge in [-0.2, -0.15) is 5.10 Å². The summed E-state index contributed by atoms with van der Waals surface area (Å²) in [4.78, 5) is 0. The van der Waals surface area contributed by atoms with E-state index in [-0.39, 0.29) is 0 Å². The van der Waals surface area contributed by atoms with Crippen LogP contribution in [0.5, 0.6) is 5.88 Å². The van der Waals surface area contributed by atoms with Crippen molar-refractivity contribution in [2.45, 2.75) is 27.0 Å². The molecule has 4 nitrogen and oxygen atoms in total. The van der Waals surface area contributed by atoms with Gasteiger partial charge in [-0.3, -0.25) is 0 Å². The van der Waals surface area contributed by atoms with Gasteiger partial charge in [-0.1, -0.05) is 37.6 Å². The minimum atomic E-state index is 0.431. The zero-order valence-corrected chi connectivity index (χ0v) is 13.1. The van der Waals surface area contributed by atoms with Crippen LogP contribution in [0.15, 0.2) is 36.4 Å². The fourth-order valence-electron chi connectivity index (χ4n) is 1.79. The molecule has 1 heterocycles. The van der Waals surface area contributed by atoms with Gasteiger partial charge in [-0.15, -0.1) is 5.10 Å². The first-order valence-electron chi connectivity index (χ1n) is 7.04. The average Bonchev–Trinajstić information content (AvgIpc) is 2.46. The van der Waals surface area contributed by atoms with E-state index in [0.29, 0.717) is 23.4 Å². The lowest BCUT2D eigenvalue weighted by atomic mass is 10.2. The highest BCUT2D eigenvalue weighted by molar-refractivity contribution is 6.30. The number of benzene rings is 1. The Hall–Kier alpha value is -1.65. The van der Waals surface area contributed by atoms with Gasteiger partial charge >= 0.3 is 0 Å². The van der Waals surface area contributed by atoms with Crippen molar-refractivity contribution >= 4 is 11.6 Å². The Morgan fingerprint density at radius 3 is 2.71 bits per heavy atom. The molecular weight excluding hydrogens is 286 g/mol. The van der Waals surface area contributed by atoms with E-state index in [0.717, 1.165) is 24.3 Å². The highest BCUT2D eigenvalue weighted by atomic mass is 35.5. The Bertz CT molecular complexity index is 558. The molecule has 0 aliphatic rings. The summed E-state index contributed by atoms with van der Waals surface area (Å²) in [6, 6.07) is 11.3. The monoisotopic (exact) mass is 305 g/mol. The molecule has 0 saturated carbocycles. The zero-order valence-electron chi connectivity index (χ0n) is 12.3. The van der Waals surface area contributed by atoms with Crippen LogP contribution in [0.4, 0.5) is 0 Å². The molecule has 1 aromatic carbocycles. The van der Waals surface area contributed by atoms with Gasteiger partial charge in [0.1, 0.15) is 6.61 Å². The van der Waals surface area contributed by atoms with E-state index in [1.807, 2.05) is 36.4 Å². The third-order valence-electron chi connectivity index (χ3n) is 2.83. The summed E-state index contributed by atoms with van der Waals surface area (Å²) in [5.74, 6) is 1.14. The van der Waals surface area contributed by atoms with E-state index >= 15 is 0 Å². The normalized spacial score (nSPS) is 10.9. The number of nitrogens with zero attached hydrogens (tertiary/aromatic N) is 2. The summed E-state index contributed by atoms with van der Waals surface area (Å²) >= 11 is 5.93. The van der Waals surface area contributed by atoms with E-state index < -0.39 is 0 Å². The fraction of sp³-hybridized carbons (Fsp3) is 0.375. The molecule has 0 aliphatic carbocycles. The van der Waals surface area contributed by atoms with Crippen LogP contribution in [0.3, 0.4) is 0 Å². The minimum Gasteiger partial charge on any atom is -0.472 e. The van der Waals surface area contributed by atoms with Crippen molar-refractivity contribution in [3.63, 3.8) is 0 Å². The van der Waals surface area contributed by atoms with Crippen LogP contribution in [-0.4, -0.2) is 16.7 Å². The predicted octanol–water partition coefficient (Wildman–Crippen LogP) is 3.45. The largest absolute Gasteiger partial charge is 0.472 e. The van der Waals surface area contributed by atoms with Gasteiger partial charge in [0.25, 0.3) is 0 Å². The second kappa shape index (κ2) is 7.96. The van der Waals surface area contributed by atoms with Crippen molar-refractivity contribution in [1.29, 1.82) is 0 Å². The summed E-state index contributed by atoms with van der Waals surface area (Å²) < 4.78 is 5.59. The van der Waals surface area contributed by atoms with Crippen LogP contribution in [-0.2, 0) is 13.2 Å². The van der Waals surface area contributed by atoms with Gasteiger partial charge < -0.3 is 10.1 Å². The second-order valence-electron chi connectivity index (χ2n) is 5.31. The molecule has 0 fully saturated rings. The predicted molar refractivity (Wildman–Crippen MR) is 84.4 cm³/mol. The van der Waals surface area contributed by atoms with Gasteiger partial charge in [0, 0.05) is 17.6 Å². The maximum Gasteiger partial charge on any atom is 0.233 e. The first kappa shape index (κ1) is 15.7. The maximum absolute atomic E-state index is 5.93. The average molecular weight is 306 g/mol. The molecule has 0 saturated heterocycles. The van der Waals surface area contributed by atoms with Crippen molar-refractivity contribution < 1.29 is 4.74 Å². The highest BCUT2D eigenvalue weighted by Gasteiger charge is 2.01. The van der Waals surface area contributed by atoms with Crippen LogP contribution < -0.4 is 10.1 Å². The van der Waals surface area contributed by atoms with E-state index in [1.165, 1.54) is 0 Å². The third-order valence-corrected chi connectivity index (χ3v) is 3.06. The van der Waals surface area contributed by atoms with Crippen LogP contribution >= 0.6 is 11.6 Å². The third kappa shape index (κ3) is 5.69. The summed E-state index contributed by atoms with van der Waals surface area (Å²) in [5, 5.41) is 12.2. The lowest BCUT2D eigenvalue weighted by molar-refractivity contribution is 0.289. The summed E-state index contributed by atoms with van der Waals surface area (Å²) in [6.07, 6.45) is 0. The Balaban J connectivity index is 1.82. The van der Waals surface area contributed by atoms with Crippen molar-refractivity contribution in [2.24, 2.45) is 5.92 Å². The summed E-state index contributed by atoms with van der Waals surface area (Å²) in [6.45, 7) is 6.46. The molecule has 112 valence electrons. The standard InChI is InChI=1S/C16H20ClN3O/c1-12(2)9-18-10-15-6-7-16(20-19-15)21-11-13-4-3-5-14(17)8-13/h3-8,12,18H,9-11H2,1-2H3. The van der Waals surface area contributed by atoms with Gasteiger partial charge in [-0.25, -0.2) is 0 Å². The number of ether oxygens (including phenoxy) is 1. The smallest absolute Gasteiger partial charge is 0.233 e. The van der Waals surface area contributed by atoms with Gasteiger partial charge in [0.05, 0.1) is 5.69 Å². The molecule has 0 radical (unpaired) electrons. The first-order valence-corrected chi connectivity index (χ1v) is 7.42. The molecule has 0 atom stereocenters. The van der Waals surface area contributed by atoms with E-state index in [4.69, 9.17) is 16.3 Å². The number of nitrogens with one attached hydrogen (secondary N) is 1. The molecule has 0 unspecified atom stereocenters. The van der Waals surface area contributed by atoms with Gasteiger partial charge in [0.15, 0.2) is 0 Å². The molecule has 0 spiro atoms. The Labute approximate surface area is 130 Å². The number of rotatable bonds is 7. The molecule has 0 bridgehead atoms. The van der Waals surface area contributed by atoms with E-state index in [9.17, 15) is 0 Å². The minimum absolute atomic E-state index is 0.431. The molecule has 21 heavy (non-hydrogen) atoms. The van der Waals surface area contributed by atoms with Crippen LogP contribution in [0.1, 0.15) is 25.1 Å². The number of halogens is 1. The molecule has 2 rings (SSSR count). The van der Waals surface area contributed by atoms with E-state index in [2.05, 4.69) is 29.4 Å². The molecular formula is C16H20ClN3O. The van der Waals surface area contributed by atoms with Crippen molar-refractivity contribution in [3.05, 3.63) is 52.7 Å². The SMILES string of the molecule is CC(C)CNCc1ccc(OCc2cccc(Cl)c2)nn1. The van der Waals surface area contributed by atoms with Crippen molar-refractivity contribution in [2.75, 3.05) is 6.54 Å². The van der Waals surface area contributed by atoms with Crippen molar-refractivity contribution in [1.82, 2.24) is 15.5 Å². The fourth-order valence-corrected chi connectivity index (χ4v) is 2.00. The Morgan fingerprint density at radius 1 is 1.19 bits per heavy atom. The van der Waals surface area contributed by atoms with Gasteiger partial charge in [-0.05, 0) is 36.2 Å². The lowest BCUT2D eigenvalue weighted by Crippen LogP contribution is -2.19. The maximum atomic E-state index is 5.93. The Kier molecular flexibility index (Phi) is 5.96. The lowest BCUT2D eigenvalue weighted by Gasteiger charge is -2.08. The Morgan fingerprint density at radius 2 is 2.05 bits per heavy atom. The molecule has 2 aromatic rings. The number of hydrogen-bond acceptors (Lipinski definition) is 4. The zero-order chi connectivity index (χ0) is 15.1. The topological polar surface area (TPSA) is 47.0 Å². The molecule has 0 aliphatic heterocycles. The quantitative estimate of drug-likeness (QED) is 0.851. The summed E-state index contributed by atoms with van der Waals surface area (Å²) in [7, 11) is 0. The van der Waals surface area contributed by atoms with Gasteiger partial charge in [0.2, 0.25) is 5.88 Å². The van der Waals surface area contributed by atoms with E-state index in [1.54, 1.807) is 0 Å². The van der Waals surface area contributed by atoms with Crippen LogP contribution in [0.2, 0.25) is 5.02 Å². The van der Waals surface area contributed by atoms with Crippen LogP contribution in [0, 0.1) is 5.92 Å². The molecule has 1 N–H and O–H groups in total. The number of hydrogen-bond donors (Lipinski definition) is 1. The number of aromatic nitrogens is 2. The van der Waals surface area contributed by atoms with Crippen molar-refractivity contribution in [3.8, 4) is 5.88 Å². The molecule has 5 heteroatoms.